The molecule has 0 saturated heterocycles. The van der Waals surface area contributed by atoms with E-state index in [0.29, 0.717) is 11.6 Å². The molecular weight excluding hydrogens is 298 g/mol. The lowest BCUT2D eigenvalue weighted by Crippen LogP contribution is -2.12. The van der Waals surface area contributed by atoms with Gasteiger partial charge < -0.3 is 10.6 Å². The molecule has 1 amide bonds. The summed E-state index contributed by atoms with van der Waals surface area (Å²) in [6.45, 7) is 5.22. The molecule has 0 aliphatic carbocycles. The molecule has 2 aromatic rings. The Bertz CT molecular complexity index is 669. The van der Waals surface area contributed by atoms with Gasteiger partial charge in [-0.05, 0) is 54.8 Å². The summed E-state index contributed by atoms with van der Waals surface area (Å²) < 4.78 is 26.0. The fraction of sp³-hybridized carbons (Fsp3) is 0.278. The second-order valence-corrected chi connectivity index (χ2v) is 5.77. The first-order chi connectivity index (χ1) is 11.0. The van der Waals surface area contributed by atoms with Crippen molar-refractivity contribution in [3.8, 4) is 0 Å². The molecule has 2 rings (SSSR count). The molecule has 0 aliphatic heterocycles. The number of carbonyl (C=O) groups is 1. The van der Waals surface area contributed by atoms with Crippen LogP contribution in [0.2, 0.25) is 0 Å². The van der Waals surface area contributed by atoms with Crippen LogP contribution in [0.1, 0.15) is 30.6 Å². The number of carbonyl (C=O) groups excluding carboxylic acids is 1. The van der Waals surface area contributed by atoms with Crippen molar-refractivity contribution >= 4 is 17.3 Å². The van der Waals surface area contributed by atoms with Crippen molar-refractivity contribution in [2.45, 2.75) is 20.3 Å². The summed E-state index contributed by atoms with van der Waals surface area (Å²) in [7, 11) is 0. The van der Waals surface area contributed by atoms with Gasteiger partial charge in [-0.2, -0.15) is 0 Å². The molecule has 2 aromatic carbocycles. The van der Waals surface area contributed by atoms with E-state index in [4.69, 9.17) is 0 Å². The number of amides is 1. The molecule has 0 fully saturated rings. The Kier molecular flexibility index (Phi) is 5.68. The van der Waals surface area contributed by atoms with Gasteiger partial charge in [0.1, 0.15) is 0 Å². The molecule has 0 radical (unpaired) electrons. The Labute approximate surface area is 134 Å². The van der Waals surface area contributed by atoms with Gasteiger partial charge in [0.2, 0.25) is 0 Å². The van der Waals surface area contributed by atoms with Gasteiger partial charge in [-0.25, -0.2) is 8.78 Å². The SMILES string of the molecule is CC(C)CCNc1ccc(NC(=O)c2ccc(F)c(F)c2)cc1. The van der Waals surface area contributed by atoms with E-state index < -0.39 is 17.5 Å². The molecule has 0 aromatic heterocycles. The summed E-state index contributed by atoms with van der Waals surface area (Å²) in [5.41, 5.74) is 1.63. The predicted octanol–water partition coefficient (Wildman–Crippen LogP) is 4.68. The zero-order valence-electron chi connectivity index (χ0n) is 13.2. The number of hydrogen-bond acceptors (Lipinski definition) is 2. The summed E-state index contributed by atoms with van der Waals surface area (Å²) in [5, 5.41) is 5.95. The molecule has 2 N–H and O–H groups in total. The number of rotatable bonds is 6. The van der Waals surface area contributed by atoms with Crippen molar-refractivity contribution < 1.29 is 13.6 Å². The highest BCUT2D eigenvalue weighted by Gasteiger charge is 2.10. The second kappa shape index (κ2) is 7.72. The first-order valence-corrected chi connectivity index (χ1v) is 7.56. The van der Waals surface area contributed by atoms with E-state index in [2.05, 4.69) is 24.5 Å². The van der Waals surface area contributed by atoms with Crippen LogP contribution < -0.4 is 10.6 Å². The van der Waals surface area contributed by atoms with Crippen LogP contribution in [0.5, 0.6) is 0 Å². The third-order valence-corrected chi connectivity index (χ3v) is 3.38. The summed E-state index contributed by atoms with van der Waals surface area (Å²) in [4.78, 5) is 12.0. The maximum absolute atomic E-state index is 13.1. The van der Waals surface area contributed by atoms with Crippen LogP contribution in [-0.2, 0) is 0 Å². The van der Waals surface area contributed by atoms with Crippen molar-refractivity contribution in [2.24, 2.45) is 5.92 Å². The highest BCUT2D eigenvalue weighted by atomic mass is 19.2. The van der Waals surface area contributed by atoms with Gasteiger partial charge in [0.05, 0.1) is 0 Å². The van der Waals surface area contributed by atoms with Gasteiger partial charge in [-0.3, -0.25) is 4.79 Å². The van der Waals surface area contributed by atoms with Gasteiger partial charge in [-0.15, -0.1) is 0 Å². The second-order valence-electron chi connectivity index (χ2n) is 5.77. The lowest BCUT2D eigenvalue weighted by molar-refractivity contribution is 0.102. The Morgan fingerprint density at radius 2 is 1.65 bits per heavy atom. The lowest BCUT2D eigenvalue weighted by atomic mass is 10.1. The van der Waals surface area contributed by atoms with Gasteiger partial charge in [0.15, 0.2) is 11.6 Å². The monoisotopic (exact) mass is 318 g/mol. The quantitative estimate of drug-likeness (QED) is 0.812. The average Bonchev–Trinajstić information content (AvgIpc) is 2.51. The fourth-order valence-corrected chi connectivity index (χ4v) is 2.02. The van der Waals surface area contributed by atoms with Crippen molar-refractivity contribution in [2.75, 3.05) is 17.2 Å². The van der Waals surface area contributed by atoms with Crippen molar-refractivity contribution in [1.82, 2.24) is 0 Å². The Hall–Kier alpha value is -2.43. The third kappa shape index (κ3) is 5.06. The topological polar surface area (TPSA) is 41.1 Å². The van der Waals surface area contributed by atoms with E-state index in [1.54, 1.807) is 12.1 Å². The third-order valence-electron chi connectivity index (χ3n) is 3.38. The van der Waals surface area contributed by atoms with Crippen molar-refractivity contribution in [3.63, 3.8) is 0 Å². The Morgan fingerprint density at radius 1 is 1.00 bits per heavy atom. The number of hydrogen-bond donors (Lipinski definition) is 2. The summed E-state index contributed by atoms with van der Waals surface area (Å²) >= 11 is 0. The smallest absolute Gasteiger partial charge is 0.255 e. The predicted molar refractivity (Wildman–Crippen MR) is 88.7 cm³/mol. The molecule has 0 unspecified atom stereocenters. The van der Waals surface area contributed by atoms with Crippen molar-refractivity contribution in [1.29, 1.82) is 0 Å². The Balaban J connectivity index is 1.94. The minimum absolute atomic E-state index is 0.0723. The molecule has 0 spiro atoms. The van der Waals surface area contributed by atoms with Gasteiger partial charge in [0.25, 0.3) is 5.91 Å². The first kappa shape index (κ1) is 16.9. The van der Waals surface area contributed by atoms with Crippen LogP contribution >= 0.6 is 0 Å². The van der Waals surface area contributed by atoms with Crippen LogP contribution in [0.3, 0.4) is 0 Å². The van der Waals surface area contributed by atoms with Gasteiger partial charge in [0, 0.05) is 23.5 Å². The minimum atomic E-state index is -1.04. The summed E-state index contributed by atoms with van der Waals surface area (Å²) in [5.74, 6) is -1.86. The van der Waals surface area contributed by atoms with E-state index in [0.717, 1.165) is 30.8 Å². The molecular formula is C18H20F2N2O. The normalized spacial score (nSPS) is 10.7. The van der Waals surface area contributed by atoms with Crippen LogP contribution in [-0.4, -0.2) is 12.5 Å². The van der Waals surface area contributed by atoms with Crippen LogP contribution in [0.15, 0.2) is 42.5 Å². The molecule has 0 heterocycles. The summed E-state index contributed by atoms with van der Waals surface area (Å²) in [6, 6.07) is 10.3. The maximum Gasteiger partial charge on any atom is 0.255 e. The standard InChI is InChI=1S/C18H20F2N2O/c1-12(2)9-10-21-14-4-6-15(7-5-14)22-18(23)13-3-8-16(19)17(20)11-13/h3-8,11-12,21H,9-10H2,1-2H3,(H,22,23). The van der Waals surface area contributed by atoms with Gasteiger partial charge >= 0.3 is 0 Å². The number of anilines is 2. The number of nitrogens with one attached hydrogen (secondary N) is 2. The molecule has 0 saturated carbocycles. The number of benzene rings is 2. The first-order valence-electron chi connectivity index (χ1n) is 7.56. The molecule has 122 valence electrons. The Morgan fingerprint density at radius 3 is 2.26 bits per heavy atom. The van der Waals surface area contributed by atoms with E-state index in [1.807, 2.05) is 12.1 Å². The highest BCUT2D eigenvalue weighted by molar-refractivity contribution is 6.04. The largest absolute Gasteiger partial charge is 0.385 e. The molecule has 23 heavy (non-hydrogen) atoms. The van der Waals surface area contributed by atoms with E-state index >= 15 is 0 Å². The molecule has 0 bridgehead atoms. The maximum atomic E-state index is 13.1. The van der Waals surface area contributed by atoms with Crippen LogP contribution in [0.25, 0.3) is 0 Å². The highest BCUT2D eigenvalue weighted by Crippen LogP contribution is 2.16. The molecule has 0 atom stereocenters. The average molecular weight is 318 g/mol. The van der Waals surface area contributed by atoms with Crippen molar-refractivity contribution in [3.05, 3.63) is 59.7 Å². The zero-order valence-corrected chi connectivity index (χ0v) is 13.2. The van der Waals surface area contributed by atoms with E-state index in [-0.39, 0.29) is 5.56 Å². The summed E-state index contributed by atoms with van der Waals surface area (Å²) in [6.07, 6.45) is 1.08. The lowest BCUT2D eigenvalue weighted by Gasteiger charge is -2.10. The molecule has 3 nitrogen and oxygen atoms in total. The van der Waals surface area contributed by atoms with Crippen LogP contribution in [0.4, 0.5) is 20.2 Å². The molecule has 5 heteroatoms. The molecule has 0 aliphatic rings. The van der Waals surface area contributed by atoms with E-state index in [1.165, 1.54) is 6.07 Å². The fourth-order valence-electron chi connectivity index (χ4n) is 2.02. The minimum Gasteiger partial charge on any atom is -0.385 e. The van der Waals surface area contributed by atoms with Crippen LogP contribution in [0, 0.1) is 17.6 Å². The van der Waals surface area contributed by atoms with E-state index in [9.17, 15) is 13.6 Å². The van der Waals surface area contributed by atoms with Gasteiger partial charge in [-0.1, -0.05) is 13.8 Å². The number of halogens is 2. The zero-order chi connectivity index (χ0) is 16.8.